The fraction of sp³-hybridized carbons (Fsp3) is 0.333. The van der Waals surface area contributed by atoms with E-state index in [4.69, 9.17) is 23.2 Å². The lowest BCUT2D eigenvalue weighted by Gasteiger charge is -2.35. The van der Waals surface area contributed by atoms with E-state index in [1.54, 1.807) is 19.1 Å². The second kappa shape index (κ2) is 11.3. The highest BCUT2D eigenvalue weighted by molar-refractivity contribution is 9.10. The van der Waals surface area contributed by atoms with Gasteiger partial charge >= 0.3 is 6.03 Å². The fourth-order valence-corrected chi connectivity index (χ4v) is 7.60. The standard InChI is InChI=1S/C27H27BrCl2N6O5S/c1-17(37)32(3)26(39)33-8-10-34(11-9-33)42(40,41)23-16-31-25-35(22-13-20(29)12-21(30)14-22)24(38)27(2,36(23)25)15-18-4-6-19(28)7-5-18/h4-7,12-14,16H,8-11,15H2,1-3H3. The molecule has 2 aliphatic rings. The number of imide groups is 1. The van der Waals surface area contributed by atoms with Crippen molar-refractivity contribution in [3.05, 3.63) is 68.7 Å². The van der Waals surface area contributed by atoms with Gasteiger partial charge in [0, 0.05) is 61.1 Å². The van der Waals surface area contributed by atoms with Crippen molar-refractivity contribution in [3.8, 4) is 0 Å². The van der Waals surface area contributed by atoms with Gasteiger partial charge in [0.05, 0.1) is 11.9 Å². The van der Waals surface area contributed by atoms with E-state index in [-0.39, 0.29) is 43.6 Å². The summed E-state index contributed by atoms with van der Waals surface area (Å²) in [5, 5.41) is 0.461. The van der Waals surface area contributed by atoms with Gasteiger partial charge in [-0.1, -0.05) is 51.3 Å². The van der Waals surface area contributed by atoms with Gasteiger partial charge in [0.25, 0.3) is 15.9 Å². The summed E-state index contributed by atoms with van der Waals surface area (Å²) < 4.78 is 31.8. The lowest BCUT2D eigenvalue weighted by Crippen LogP contribution is -2.54. The van der Waals surface area contributed by atoms with Gasteiger partial charge in [-0.15, -0.1) is 0 Å². The molecular weight excluding hydrogens is 671 g/mol. The van der Waals surface area contributed by atoms with Gasteiger partial charge < -0.3 is 4.90 Å². The Balaban J connectivity index is 1.54. The summed E-state index contributed by atoms with van der Waals surface area (Å²) in [4.78, 5) is 46.6. The Bertz CT molecular complexity index is 1670. The number of urea groups is 1. The fourth-order valence-electron chi connectivity index (χ4n) is 5.21. The second-order valence-electron chi connectivity index (χ2n) is 10.3. The number of anilines is 2. The first kappa shape index (κ1) is 30.5. The van der Waals surface area contributed by atoms with Gasteiger partial charge in [-0.05, 0) is 42.8 Å². The molecular formula is C27H27BrCl2N6O5S. The van der Waals surface area contributed by atoms with Crippen LogP contribution in [0, 0.1) is 0 Å². The number of imidazole rings is 1. The third-order valence-corrected chi connectivity index (χ3v) is 10.3. The first-order chi connectivity index (χ1) is 19.7. The summed E-state index contributed by atoms with van der Waals surface area (Å²) in [6.45, 7) is 3.17. The van der Waals surface area contributed by atoms with Crippen molar-refractivity contribution < 1.29 is 22.8 Å². The molecule has 3 aromatic rings. The molecule has 0 spiro atoms. The van der Waals surface area contributed by atoms with Gasteiger partial charge in [0.1, 0.15) is 5.54 Å². The van der Waals surface area contributed by atoms with Crippen LogP contribution in [0.25, 0.3) is 0 Å². The maximum absolute atomic E-state index is 14.2. The number of sulfonamides is 1. The van der Waals surface area contributed by atoms with Crippen LogP contribution < -0.4 is 4.90 Å². The van der Waals surface area contributed by atoms with Crippen LogP contribution in [0.1, 0.15) is 19.4 Å². The van der Waals surface area contributed by atoms with Crippen LogP contribution in [0.3, 0.4) is 0 Å². The van der Waals surface area contributed by atoms with Crippen LogP contribution in [0.4, 0.5) is 16.4 Å². The average Bonchev–Trinajstić information content (AvgIpc) is 3.47. The lowest BCUT2D eigenvalue weighted by atomic mass is 9.92. The van der Waals surface area contributed by atoms with Crippen LogP contribution in [-0.2, 0) is 31.6 Å². The van der Waals surface area contributed by atoms with Gasteiger partial charge in [-0.3, -0.25) is 19.1 Å². The molecule has 0 aliphatic carbocycles. The first-order valence-corrected chi connectivity index (χ1v) is 15.9. The highest BCUT2D eigenvalue weighted by Crippen LogP contribution is 2.45. The van der Waals surface area contributed by atoms with E-state index in [1.807, 2.05) is 24.3 Å². The highest BCUT2D eigenvalue weighted by Gasteiger charge is 2.52. The Labute approximate surface area is 261 Å². The number of rotatable bonds is 5. The molecule has 0 saturated carbocycles. The monoisotopic (exact) mass is 696 g/mol. The number of hydrogen-bond donors (Lipinski definition) is 0. The number of nitrogens with zero attached hydrogens (tertiary/aromatic N) is 6. The van der Waals surface area contributed by atoms with E-state index >= 15 is 0 Å². The summed E-state index contributed by atoms with van der Waals surface area (Å²) in [6.07, 6.45) is 1.42. The molecule has 4 amide bonds. The Morgan fingerprint density at radius 2 is 1.64 bits per heavy atom. The van der Waals surface area contributed by atoms with Crippen molar-refractivity contribution in [1.82, 2.24) is 23.7 Å². The molecule has 2 aromatic carbocycles. The Hall–Kier alpha value is -2.97. The van der Waals surface area contributed by atoms with Gasteiger partial charge in [-0.25, -0.2) is 23.1 Å². The third kappa shape index (κ3) is 5.32. The van der Waals surface area contributed by atoms with E-state index in [9.17, 15) is 22.8 Å². The highest BCUT2D eigenvalue weighted by atomic mass is 79.9. The third-order valence-electron chi connectivity index (χ3n) is 7.51. The van der Waals surface area contributed by atoms with E-state index < -0.39 is 33.4 Å². The summed E-state index contributed by atoms with van der Waals surface area (Å²) >= 11 is 15.9. The summed E-state index contributed by atoms with van der Waals surface area (Å²) in [5.41, 5.74) is -0.210. The summed E-state index contributed by atoms with van der Waals surface area (Å²) in [6, 6.07) is 11.6. The zero-order valence-electron chi connectivity index (χ0n) is 22.9. The normalized spacial score (nSPS) is 19.2. The molecule has 222 valence electrons. The van der Waals surface area contributed by atoms with Crippen molar-refractivity contribution in [2.24, 2.45) is 0 Å². The largest absolute Gasteiger partial charge is 0.326 e. The van der Waals surface area contributed by atoms with Crippen LogP contribution in [0.2, 0.25) is 10.0 Å². The first-order valence-electron chi connectivity index (χ1n) is 12.9. The smallest absolute Gasteiger partial charge is 0.322 e. The lowest BCUT2D eigenvalue weighted by molar-refractivity contribution is -0.125. The molecule has 1 atom stereocenters. The number of fused-ring (bicyclic) bond motifs is 1. The maximum atomic E-state index is 14.2. The van der Waals surface area contributed by atoms with Crippen LogP contribution >= 0.6 is 39.1 Å². The predicted octanol–water partition coefficient (Wildman–Crippen LogP) is 4.49. The number of hydrogen-bond acceptors (Lipinski definition) is 6. The zero-order valence-corrected chi connectivity index (χ0v) is 26.8. The number of carbonyl (C=O) groups is 3. The quantitative estimate of drug-likeness (QED) is 0.388. The van der Waals surface area contributed by atoms with Crippen LogP contribution in [-0.4, -0.2) is 83.1 Å². The molecule has 2 aliphatic heterocycles. The van der Waals surface area contributed by atoms with E-state index in [1.165, 1.54) is 44.9 Å². The number of carbonyl (C=O) groups excluding carboxylic acids is 3. The van der Waals surface area contributed by atoms with Crippen LogP contribution in [0.15, 0.2) is 58.2 Å². The molecule has 5 rings (SSSR count). The second-order valence-corrected chi connectivity index (χ2v) is 14.0. The van der Waals surface area contributed by atoms with Crippen molar-refractivity contribution in [2.45, 2.75) is 30.8 Å². The predicted molar refractivity (Wildman–Crippen MR) is 162 cm³/mol. The van der Waals surface area contributed by atoms with Gasteiger partial charge in [0.2, 0.25) is 11.9 Å². The van der Waals surface area contributed by atoms with E-state index in [0.717, 1.165) is 14.9 Å². The minimum Gasteiger partial charge on any atom is -0.322 e. The molecule has 15 heteroatoms. The minimum absolute atomic E-state index is 0.00528. The minimum atomic E-state index is -4.17. The molecule has 3 heterocycles. The molecule has 1 saturated heterocycles. The topological polar surface area (TPSA) is 116 Å². The maximum Gasteiger partial charge on any atom is 0.326 e. The SMILES string of the molecule is CC(=O)N(C)C(=O)N1CCN(S(=O)(=O)c2cnc3n2C(C)(Cc2ccc(Br)cc2)C(=O)N3c2cc(Cl)cc(Cl)c2)CC1. The van der Waals surface area contributed by atoms with Gasteiger partial charge in [-0.2, -0.15) is 4.31 Å². The van der Waals surface area contributed by atoms with Crippen LogP contribution in [0.5, 0.6) is 0 Å². The molecule has 0 radical (unpaired) electrons. The zero-order chi connectivity index (χ0) is 30.6. The van der Waals surface area contributed by atoms with Crippen molar-refractivity contribution >= 4 is 78.6 Å². The molecule has 42 heavy (non-hydrogen) atoms. The molecule has 0 bridgehead atoms. The van der Waals surface area contributed by atoms with Gasteiger partial charge in [0.15, 0.2) is 5.03 Å². The average molecular weight is 698 g/mol. The van der Waals surface area contributed by atoms with E-state index in [2.05, 4.69) is 20.9 Å². The summed E-state index contributed by atoms with van der Waals surface area (Å²) in [7, 11) is -2.79. The Kier molecular flexibility index (Phi) is 8.18. The Morgan fingerprint density at radius 1 is 1.05 bits per heavy atom. The number of piperazine rings is 1. The molecule has 0 N–H and O–H groups in total. The van der Waals surface area contributed by atoms with Crippen molar-refractivity contribution in [3.63, 3.8) is 0 Å². The van der Waals surface area contributed by atoms with E-state index in [0.29, 0.717) is 15.7 Å². The molecule has 11 nitrogen and oxygen atoms in total. The van der Waals surface area contributed by atoms with Crippen molar-refractivity contribution in [2.75, 3.05) is 38.1 Å². The molecule has 1 fully saturated rings. The number of amides is 4. The number of halogens is 3. The number of benzene rings is 2. The molecule has 1 unspecified atom stereocenters. The summed E-state index contributed by atoms with van der Waals surface area (Å²) in [5.74, 6) is -0.690. The Morgan fingerprint density at radius 3 is 2.21 bits per heavy atom. The number of aromatic nitrogens is 2. The van der Waals surface area contributed by atoms with Crippen molar-refractivity contribution in [1.29, 1.82) is 0 Å². The molecule has 1 aromatic heterocycles.